The molecule has 3 aliphatic rings. The number of hydrogen-bond donors (Lipinski definition) is 4. The van der Waals surface area contributed by atoms with Crippen LogP contribution in [-0.4, -0.2) is 186 Å². The van der Waals surface area contributed by atoms with Gasteiger partial charge in [0.15, 0.2) is 0 Å². The summed E-state index contributed by atoms with van der Waals surface area (Å²) in [5.41, 5.74) is 4.45. The topological polar surface area (TPSA) is 272 Å². The molecule has 10 aromatic rings. The Kier molecular flexibility index (Phi) is 33.9. The number of rotatable bonds is 21. The van der Waals surface area contributed by atoms with Gasteiger partial charge in [0.1, 0.15) is 48.3 Å². The summed E-state index contributed by atoms with van der Waals surface area (Å²) in [5.74, 6) is 3.86. The number of fused-ring (bicyclic) bond motifs is 2. The molecule has 0 aliphatic carbocycles. The first-order chi connectivity index (χ1) is 51.6. The quantitative estimate of drug-likeness (QED) is 0.0384. The van der Waals surface area contributed by atoms with Crippen molar-refractivity contribution in [3.8, 4) is 34.1 Å². The van der Waals surface area contributed by atoms with Crippen molar-refractivity contribution in [2.45, 2.75) is 131 Å². The molecule has 9 heterocycles. The number of nitrogens with one attached hydrogen (secondary N) is 2. The second kappa shape index (κ2) is 41.2. The number of aryl methyl sites for hydroxylation is 4. The second-order valence-electron chi connectivity index (χ2n) is 27.9. The molecule has 588 valence electrons. The van der Waals surface area contributed by atoms with Crippen LogP contribution < -0.4 is 30.3 Å². The Morgan fingerprint density at radius 3 is 1.29 bits per heavy atom. The largest absolute Gasteiger partial charge is 0.507 e. The van der Waals surface area contributed by atoms with Crippen molar-refractivity contribution in [2.75, 3.05) is 91.9 Å². The maximum absolute atomic E-state index is 8.87. The maximum Gasteiger partial charge on any atom is 0.498 e. The van der Waals surface area contributed by atoms with Gasteiger partial charge in [0.2, 0.25) is 11.9 Å². The Morgan fingerprint density at radius 2 is 0.862 bits per heavy atom. The van der Waals surface area contributed by atoms with Crippen LogP contribution in [0.2, 0.25) is 0 Å². The molecule has 3 saturated heterocycles. The summed E-state index contributed by atoms with van der Waals surface area (Å²) in [6.45, 7) is 32.4. The zero-order chi connectivity index (χ0) is 79.9. The highest BCUT2D eigenvalue weighted by Crippen LogP contribution is 2.45. The number of methoxy groups -OCH3 is 4. The summed E-state index contributed by atoms with van der Waals surface area (Å²) in [4.78, 5) is 20.4. The first kappa shape index (κ1) is 89.6. The van der Waals surface area contributed by atoms with E-state index in [9.17, 15) is 0 Å². The fourth-order valence-electron chi connectivity index (χ4n) is 10.0. The van der Waals surface area contributed by atoms with Crippen molar-refractivity contribution in [1.82, 2.24) is 39.5 Å². The third-order valence-electron chi connectivity index (χ3n) is 18.0. The molecule has 3 aliphatic heterocycles. The van der Waals surface area contributed by atoms with Gasteiger partial charge in [0.25, 0.3) is 0 Å². The Morgan fingerprint density at radius 1 is 0.468 bits per heavy atom. The van der Waals surface area contributed by atoms with E-state index in [1.165, 1.54) is 9.75 Å². The normalized spacial score (nSPS) is 15.8. The SMILES string of the molecule is CC1(C)OB(B2OC(C)(C)C(C)(C)O2)OC1(C)C.COCCO.COCCOc1ccccc1-c1c(C)sc2cnc(Nc3cnn(C)c3)nc12.COCCOc1ccccc1B1OC(C)(C)C(C)(C)O1.COCCOc1ccccc1Br.Cc1sc2cnc(Nc3cnn(C)c3)nc2c1Br.Oc1ccccc1Br. The number of aromatic nitrogens is 8. The number of hydrogen-bond acceptors (Lipinski definition) is 25. The number of phenolic OH excluding ortho intramolecular Hbond substituents is 1. The molecule has 0 amide bonds. The number of thiophene rings is 2. The van der Waals surface area contributed by atoms with Gasteiger partial charge in [-0.25, -0.2) is 19.9 Å². The number of anilines is 4. The van der Waals surface area contributed by atoms with Gasteiger partial charge >= 0.3 is 21.1 Å². The van der Waals surface area contributed by atoms with E-state index in [2.05, 4.69) is 108 Å². The fourth-order valence-corrected chi connectivity index (χ4v) is 13.3. The lowest BCUT2D eigenvalue weighted by atomic mass is 9.49. The summed E-state index contributed by atoms with van der Waals surface area (Å²) >= 11 is 13.4. The van der Waals surface area contributed by atoms with Crippen LogP contribution in [0.4, 0.5) is 23.3 Å². The predicted molar refractivity (Wildman–Crippen MR) is 446 cm³/mol. The fraction of sp³-hybridized carbons (Fsp3) is 0.447. The van der Waals surface area contributed by atoms with E-state index >= 15 is 0 Å². The Labute approximate surface area is 674 Å². The lowest BCUT2D eigenvalue weighted by Crippen LogP contribution is -2.41. The van der Waals surface area contributed by atoms with E-state index in [-0.39, 0.29) is 46.0 Å². The first-order valence-electron chi connectivity index (χ1n) is 35.2. The van der Waals surface area contributed by atoms with Crippen LogP contribution in [-0.2, 0) is 61.0 Å². The number of aliphatic hydroxyl groups excluding tert-OH is 1. The monoisotopic (exact) mass is 1730 g/mol. The molecule has 4 N–H and O–H groups in total. The van der Waals surface area contributed by atoms with Crippen LogP contribution in [0.1, 0.15) is 92.8 Å². The minimum atomic E-state index is -0.476. The molecule has 0 saturated carbocycles. The Bertz CT molecular complexity index is 4370. The van der Waals surface area contributed by atoms with Gasteiger partial charge in [-0.05, 0) is 181 Å². The summed E-state index contributed by atoms with van der Waals surface area (Å²) in [5, 5.41) is 31.4. The summed E-state index contributed by atoms with van der Waals surface area (Å²) < 4.78 is 80.8. The molecule has 0 bridgehead atoms. The average molecular weight is 1730 g/mol. The van der Waals surface area contributed by atoms with Crippen LogP contribution >= 0.6 is 70.5 Å². The lowest BCUT2D eigenvalue weighted by molar-refractivity contribution is 0.00578. The summed E-state index contributed by atoms with van der Waals surface area (Å²) in [6, 6.07) is 30.6. The van der Waals surface area contributed by atoms with E-state index in [1.54, 1.807) is 91.1 Å². The molecule has 13 rings (SSSR count). The molecule has 0 unspecified atom stereocenters. The van der Waals surface area contributed by atoms with Gasteiger partial charge in [0, 0.05) is 81.3 Å². The van der Waals surface area contributed by atoms with Crippen molar-refractivity contribution in [1.29, 1.82) is 0 Å². The third kappa shape index (κ3) is 25.2. The number of benzene rings is 4. The molecule has 3 fully saturated rings. The zero-order valence-corrected chi connectivity index (χ0v) is 72.2. The second-order valence-corrected chi connectivity index (χ2v) is 32.9. The Balaban J connectivity index is 0.000000185. The van der Waals surface area contributed by atoms with Gasteiger partial charge in [-0.15, -0.1) is 22.7 Å². The molecule has 33 heteroatoms. The molecular weight excluding hydrogens is 1630 g/mol. The van der Waals surface area contributed by atoms with E-state index in [4.69, 9.17) is 71.5 Å². The van der Waals surface area contributed by atoms with Gasteiger partial charge in [-0.3, -0.25) is 9.36 Å². The standard InChI is InChI=1S/C20H21N5O2S.C15H23BO4.C12H24B2O4.C11H10BrN5S.C9H11BrO2.C6H5BrO.C3H8O2/c1-13-18(15-6-4-5-7-16(15)27-9-8-26-3)19-17(28-13)11-21-20(24-19)23-14-10-22-25(2)12-14;1-14(2)15(3,4)20-16(19-14)12-8-6-7-9-13(12)18-11-10-17-5;1-9(2)10(3,4)16-13(15-9)14-17-11(5,6)12(7,8)18-14;1-6-9(12)10-8(18-6)4-13-11(16-10)15-7-3-14-17(2)5-7;1-11-6-7-12-9-5-3-2-4-8(9)10;7-5-3-1-2-4-6(5)8;1-5-3-2-4/h4-7,10-12H,8-9H2,1-3H3,(H,21,23,24);6-9H,10-11H2,1-5H3;1-8H3;3-5H,1-2H3,(H,13,15,16);2-5H,6-7H2,1H3;1-4,8H;4H,2-3H2,1H3. The van der Waals surface area contributed by atoms with E-state index in [1.807, 2.05) is 195 Å². The van der Waals surface area contributed by atoms with E-state index < -0.39 is 21.1 Å². The molecule has 4 aromatic carbocycles. The Hall–Kier alpha value is -6.63. The van der Waals surface area contributed by atoms with Crippen LogP contribution in [0.15, 0.2) is 148 Å². The van der Waals surface area contributed by atoms with Crippen LogP contribution in [0, 0.1) is 13.8 Å². The van der Waals surface area contributed by atoms with Crippen molar-refractivity contribution in [2.24, 2.45) is 14.1 Å². The van der Waals surface area contributed by atoms with Gasteiger partial charge in [0.05, 0.1) is 131 Å². The summed E-state index contributed by atoms with van der Waals surface area (Å²) in [6.07, 6.45) is 10.9. The van der Waals surface area contributed by atoms with E-state index in [0.717, 1.165) is 79.1 Å². The van der Waals surface area contributed by atoms with Crippen molar-refractivity contribution >= 4 is 141 Å². The van der Waals surface area contributed by atoms with E-state index in [0.29, 0.717) is 58.1 Å². The zero-order valence-electron chi connectivity index (χ0n) is 65.8. The number of aromatic hydroxyl groups is 1. The minimum Gasteiger partial charge on any atom is -0.507 e. The highest BCUT2D eigenvalue weighted by atomic mass is 79.9. The molecule has 0 atom stereocenters. The number of halogens is 3. The molecular formula is C76H102B3Br3N10O15S2. The molecule has 25 nitrogen and oxygen atoms in total. The van der Waals surface area contributed by atoms with Crippen molar-refractivity contribution < 1.29 is 71.3 Å². The molecule has 0 radical (unpaired) electrons. The number of aliphatic hydroxyl groups is 1. The van der Waals surface area contributed by atoms with Gasteiger partial charge < -0.3 is 81.9 Å². The predicted octanol–water partition coefficient (Wildman–Crippen LogP) is 15.9. The highest BCUT2D eigenvalue weighted by molar-refractivity contribution is 9.11. The number of phenols is 1. The summed E-state index contributed by atoms with van der Waals surface area (Å²) in [7, 11) is 8.91. The number of ether oxygens (including phenoxy) is 7. The lowest BCUT2D eigenvalue weighted by Gasteiger charge is -2.32. The minimum absolute atomic E-state index is 0.122. The highest BCUT2D eigenvalue weighted by Gasteiger charge is 2.64. The van der Waals surface area contributed by atoms with Gasteiger partial charge in [-0.1, -0.05) is 60.7 Å². The average Bonchev–Trinajstić information content (AvgIpc) is 1.61. The molecule has 0 spiro atoms. The third-order valence-corrected chi connectivity index (χ3v) is 22.6. The van der Waals surface area contributed by atoms with Crippen LogP contribution in [0.3, 0.4) is 0 Å². The van der Waals surface area contributed by atoms with Crippen molar-refractivity contribution in [3.63, 3.8) is 0 Å². The first-order valence-corrected chi connectivity index (χ1v) is 39.2. The molecule has 109 heavy (non-hydrogen) atoms. The number of nitrogens with zero attached hydrogens (tertiary/aromatic N) is 8. The maximum atomic E-state index is 8.87. The number of para-hydroxylation sites is 4. The van der Waals surface area contributed by atoms with Crippen LogP contribution in [0.5, 0.6) is 23.0 Å². The smallest absolute Gasteiger partial charge is 0.498 e. The molecule has 6 aromatic heterocycles. The van der Waals surface area contributed by atoms with Gasteiger partial charge in [-0.2, -0.15) is 10.2 Å². The van der Waals surface area contributed by atoms with Crippen LogP contribution in [0.25, 0.3) is 31.6 Å². The van der Waals surface area contributed by atoms with Crippen molar-refractivity contribution in [3.05, 3.63) is 157 Å².